The summed E-state index contributed by atoms with van der Waals surface area (Å²) in [7, 11) is 1.02. The molecule has 2 aliphatic rings. The highest BCUT2D eigenvalue weighted by atomic mass is 19.4. The Morgan fingerprint density at radius 3 is 2.68 bits per heavy atom. The summed E-state index contributed by atoms with van der Waals surface area (Å²) in [6, 6.07) is 0.115. The molecule has 0 aliphatic heterocycles. The van der Waals surface area contributed by atoms with Crippen LogP contribution in [0.15, 0.2) is 6.20 Å². The molecule has 2 saturated carbocycles. The van der Waals surface area contributed by atoms with Gasteiger partial charge in [-0.3, -0.25) is 0 Å². The quantitative estimate of drug-likeness (QED) is 0.869. The minimum absolute atomic E-state index is 0.0856. The van der Waals surface area contributed by atoms with Crippen molar-refractivity contribution in [2.24, 2.45) is 11.8 Å². The fourth-order valence-corrected chi connectivity index (χ4v) is 3.51. The van der Waals surface area contributed by atoms with E-state index in [9.17, 15) is 18.0 Å². The van der Waals surface area contributed by atoms with Gasteiger partial charge < -0.3 is 10.1 Å². The van der Waals surface area contributed by atoms with Gasteiger partial charge >= 0.3 is 12.1 Å². The van der Waals surface area contributed by atoms with Gasteiger partial charge in [0.05, 0.1) is 7.11 Å². The van der Waals surface area contributed by atoms with Gasteiger partial charge in [-0.25, -0.2) is 14.8 Å². The normalized spacial score (nSPS) is 27.0. The van der Waals surface area contributed by atoms with Gasteiger partial charge in [-0.2, -0.15) is 13.2 Å². The predicted octanol–water partition coefficient (Wildman–Crippen LogP) is 2.88. The fraction of sp³-hybridized carbons (Fsp3) is 0.643. The van der Waals surface area contributed by atoms with Crippen LogP contribution in [-0.2, 0) is 10.9 Å². The number of methoxy groups -OCH3 is 1. The van der Waals surface area contributed by atoms with E-state index in [4.69, 9.17) is 0 Å². The van der Waals surface area contributed by atoms with Crippen LogP contribution in [0.5, 0.6) is 0 Å². The molecule has 5 nitrogen and oxygen atoms in total. The lowest BCUT2D eigenvalue weighted by Gasteiger charge is -2.23. The Morgan fingerprint density at radius 2 is 2.14 bits per heavy atom. The zero-order valence-corrected chi connectivity index (χ0v) is 12.0. The van der Waals surface area contributed by atoms with E-state index < -0.39 is 23.4 Å². The van der Waals surface area contributed by atoms with Crippen LogP contribution in [0.2, 0.25) is 0 Å². The molecular formula is C14H16F3N3O2. The van der Waals surface area contributed by atoms with E-state index in [1.165, 1.54) is 6.42 Å². The van der Waals surface area contributed by atoms with Crippen molar-refractivity contribution < 1.29 is 22.7 Å². The maximum Gasteiger partial charge on any atom is 0.434 e. The van der Waals surface area contributed by atoms with Gasteiger partial charge in [0, 0.05) is 12.2 Å². The molecule has 2 aliphatic carbocycles. The first kappa shape index (κ1) is 15.1. The Balaban J connectivity index is 1.85. The van der Waals surface area contributed by atoms with E-state index in [0.717, 1.165) is 32.6 Å². The van der Waals surface area contributed by atoms with Crippen molar-refractivity contribution in [2.45, 2.75) is 37.9 Å². The van der Waals surface area contributed by atoms with E-state index in [1.807, 2.05) is 0 Å². The Hall–Kier alpha value is -1.86. The second-order valence-corrected chi connectivity index (χ2v) is 5.87. The molecule has 0 aromatic carbocycles. The number of nitrogens with zero attached hydrogens (tertiary/aromatic N) is 2. The van der Waals surface area contributed by atoms with Gasteiger partial charge in [0.2, 0.25) is 5.95 Å². The van der Waals surface area contributed by atoms with Crippen LogP contribution in [0.25, 0.3) is 0 Å². The van der Waals surface area contributed by atoms with Gasteiger partial charge in [-0.15, -0.1) is 0 Å². The van der Waals surface area contributed by atoms with Crippen molar-refractivity contribution >= 4 is 11.9 Å². The van der Waals surface area contributed by atoms with Gasteiger partial charge in [-0.05, 0) is 31.1 Å². The predicted molar refractivity (Wildman–Crippen MR) is 71.2 cm³/mol. The maximum atomic E-state index is 13.1. The molecule has 0 spiro atoms. The summed E-state index contributed by atoms with van der Waals surface area (Å²) in [5, 5.41) is 2.99. The Morgan fingerprint density at radius 1 is 1.36 bits per heavy atom. The topological polar surface area (TPSA) is 64.1 Å². The second kappa shape index (κ2) is 5.40. The lowest BCUT2D eigenvalue weighted by Crippen LogP contribution is -2.28. The number of alkyl halides is 3. The minimum Gasteiger partial charge on any atom is -0.465 e. The number of fused-ring (bicyclic) bond motifs is 2. The number of nitrogens with one attached hydrogen (secondary N) is 1. The van der Waals surface area contributed by atoms with Crippen molar-refractivity contribution in [1.29, 1.82) is 0 Å². The van der Waals surface area contributed by atoms with Gasteiger partial charge in [0.15, 0.2) is 5.69 Å². The van der Waals surface area contributed by atoms with Crippen LogP contribution in [0.1, 0.15) is 41.7 Å². The standard InChI is InChI=1S/C14H16F3N3O2/c1-22-12(21)9-6-18-13(20-11(9)14(15,16)17)19-10-5-7-2-3-8(10)4-7/h6-8,10H,2-5H2,1H3,(H,18,19,20)/t7-,8+,10+/m0/s1. The number of aromatic nitrogens is 2. The van der Waals surface area contributed by atoms with Crippen LogP contribution in [0.3, 0.4) is 0 Å². The van der Waals surface area contributed by atoms with E-state index in [-0.39, 0.29) is 12.0 Å². The third kappa shape index (κ3) is 2.74. The summed E-state index contributed by atoms with van der Waals surface area (Å²) in [5.41, 5.74) is -1.94. The highest BCUT2D eigenvalue weighted by Gasteiger charge is 2.41. The highest BCUT2D eigenvalue weighted by molar-refractivity contribution is 5.90. The number of anilines is 1. The molecule has 1 aromatic heterocycles. The molecule has 1 heterocycles. The number of halogens is 3. The molecule has 0 saturated heterocycles. The minimum atomic E-state index is -4.74. The first-order chi connectivity index (χ1) is 10.4. The molecular weight excluding hydrogens is 299 g/mol. The Kier molecular flexibility index (Phi) is 3.70. The average Bonchev–Trinajstić information content (AvgIpc) is 3.08. The lowest BCUT2D eigenvalue weighted by molar-refractivity contribution is -0.141. The van der Waals surface area contributed by atoms with Crippen molar-refractivity contribution in [2.75, 3.05) is 12.4 Å². The summed E-state index contributed by atoms with van der Waals surface area (Å²) in [6.45, 7) is 0. The molecule has 3 rings (SSSR count). The SMILES string of the molecule is COC(=O)c1cnc(N[C@@H]2C[C@H]3CC[C@@H]2C3)nc1C(F)(F)F. The van der Waals surface area contributed by atoms with Gasteiger partial charge in [-0.1, -0.05) is 6.42 Å². The molecule has 0 amide bonds. The number of rotatable bonds is 3. The fourth-order valence-electron chi connectivity index (χ4n) is 3.51. The number of carbonyl (C=O) groups is 1. The first-order valence-corrected chi connectivity index (χ1v) is 7.17. The first-order valence-electron chi connectivity index (χ1n) is 7.17. The molecule has 1 aromatic rings. The van der Waals surface area contributed by atoms with Crippen molar-refractivity contribution in [3.8, 4) is 0 Å². The number of esters is 1. The van der Waals surface area contributed by atoms with Crippen molar-refractivity contribution in [1.82, 2.24) is 9.97 Å². The molecule has 0 radical (unpaired) electrons. The molecule has 22 heavy (non-hydrogen) atoms. The third-order valence-electron chi connectivity index (χ3n) is 4.52. The van der Waals surface area contributed by atoms with Gasteiger partial charge in [0.25, 0.3) is 0 Å². The summed E-state index contributed by atoms with van der Waals surface area (Å²) in [5.74, 6) is -0.0570. The smallest absolute Gasteiger partial charge is 0.434 e. The van der Waals surface area contributed by atoms with Crippen LogP contribution < -0.4 is 5.32 Å². The summed E-state index contributed by atoms with van der Waals surface area (Å²) in [6.07, 6.45) is 0.473. The van der Waals surface area contributed by atoms with E-state index in [0.29, 0.717) is 11.8 Å². The third-order valence-corrected chi connectivity index (χ3v) is 4.52. The Labute approximate surface area is 125 Å². The molecule has 0 unspecified atom stereocenters. The summed E-state index contributed by atoms with van der Waals surface area (Å²) < 4.78 is 43.5. The maximum absolute atomic E-state index is 13.1. The van der Waals surface area contributed by atoms with Crippen LogP contribution in [0, 0.1) is 11.8 Å². The number of carbonyl (C=O) groups excluding carboxylic acids is 1. The summed E-state index contributed by atoms with van der Waals surface area (Å²) in [4.78, 5) is 18.8. The van der Waals surface area contributed by atoms with Crippen LogP contribution in [-0.4, -0.2) is 29.1 Å². The number of hydrogen-bond acceptors (Lipinski definition) is 5. The number of ether oxygens (including phenoxy) is 1. The monoisotopic (exact) mass is 315 g/mol. The molecule has 2 fully saturated rings. The van der Waals surface area contributed by atoms with Crippen molar-refractivity contribution in [3.63, 3.8) is 0 Å². The van der Waals surface area contributed by atoms with E-state index in [1.54, 1.807) is 0 Å². The van der Waals surface area contributed by atoms with Crippen molar-refractivity contribution in [3.05, 3.63) is 17.5 Å². The highest BCUT2D eigenvalue weighted by Crippen LogP contribution is 2.45. The molecule has 3 atom stereocenters. The van der Waals surface area contributed by atoms with Crippen LogP contribution >= 0.6 is 0 Å². The van der Waals surface area contributed by atoms with E-state index >= 15 is 0 Å². The largest absolute Gasteiger partial charge is 0.465 e. The van der Waals surface area contributed by atoms with E-state index in [2.05, 4.69) is 20.0 Å². The average molecular weight is 315 g/mol. The zero-order chi connectivity index (χ0) is 15.9. The number of hydrogen-bond donors (Lipinski definition) is 1. The zero-order valence-electron chi connectivity index (χ0n) is 12.0. The molecule has 2 bridgehead atoms. The van der Waals surface area contributed by atoms with Gasteiger partial charge in [0.1, 0.15) is 5.56 Å². The second-order valence-electron chi connectivity index (χ2n) is 5.87. The Bertz CT molecular complexity index is 591. The molecule has 1 N–H and O–H groups in total. The van der Waals surface area contributed by atoms with Crippen LogP contribution in [0.4, 0.5) is 19.1 Å². The lowest BCUT2D eigenvalue weighted by atomic mass is 9.95. The molecule has 120 valence electrons. The molecule has 8 heteroatoms. The summed E-state index contributed by atoms with van der Waals surface area (Å²) >= 11 is 0.